The molecule has 1 amide bonds. The van der Waals surface area contributed by atoms with Gasteiger partial charge in [0.25, 0.3) is 0 Å². The van der Waals surface area contributed by atoms with Crippen molar-refractivity contribution in [2.45, 2.75) is 33.1 Å². The molecule has 2 N–H and O–H groups in total. The van der Waals surface area contributed by atoms with Crippen LogP contribution >= 0.6 is 0 Å². The number of aromatic carboxylic acids is 1. The van der Waals surface area contributed by atoms with E-state index in [2.05, 4.69) is 19.2 Å². The van der Waals surface area contributed by atoms with Crippen molar-refractivity contribution in [3.8, 4) is 0 Å². The number of amides is 1. The zero-order chi connectivity index (χ0) is 14.3. The second-order valence-electron chi connectivity index (χ2n) is 5.03. The number of carboxylic acids is 1. The first-order valence-corrected chi connectivity index (χ1v) is 6.58. The van der Waals surface area contributed by atoms with Crippen molar-refractivity contribution in [2.24, 2.45) is 5.92 Å². The summed E-state index contributed by atoms with van der Waals surface area (Å²) in [5.41, 5.74) is 1.30. The van der Waals surface area contributed by atoms with Gasteiger partial charge in [0.2, 0.25) is 5.91 Å². The second kappa shape index (κ2) is 7.56. The maximum Gasteiger partial charge on any atom is 0.335 e. The monoisotopic (exact) mass is 263 g/mol. The van der Waals surface area contributed by atoms with Crippen molar-refractivity contribution < 1.29 is 14.7 Å². The third-order valence-electron chi connectivity index (χ3n) is 2.89. The molecule has 0 spiro atoms. The normalized spacial score (nSPS) is 10.5. The second-order valence-corrected chi connectivity index (χ2v) is 5.03. The Morgan fingerprint density at radius 1 is 1.21 bits per heavy atom. The molecule has 0 saturated carbocycles. The molecule has 0 unspecified atom stereocenters. The lowest BCUT2D eigenvalue weighted by molar-refractivity contribution is -0.121. The van der Waals surface area contributed by atoms with Crippen LogP contribution in [-0.2, 0) is 11.2 Å². The smallest absolute Gasteiger partial charge is 0.335 e. The SMILES string of the molecule is CC(C)CCC(=O)NCCc1ccc(C(=O)O)cc1. The van der Waals surface area contributed by atoms with E-state index in [1.165, 1.54) is 0 Å². The number of carboxylic acid groups (broad SMARTS) is 1. The summed E-state index contributed by atoms with van der Waals surface area (Å²) in [4.78, 5) is 22.2. The molecule has 0 aliphatic heterocycles. The molecule has 0 atom stereocenters. The topological polar surface area (TPSA) is 66.4 Å². The number of hydrogen-bond acceptors (Lipinski definition) is 2. The number of carbonyl (C=O) groups excluding carboxylic acids is 1. The van der Waals surface area contributed by atoms with Gasteiger partial charge >= 0.3 is 5.97 Å². The van der Waals surface area contributed by atoms with Crippen molar-refractivity contribution in [2.75, 3.05) is 6.54 Å². The van der Waals surface area contributed by atoms with Crippen LogP contribution in [0.3, 0.4) is 0 Å². The Balaban J connectivity index is 2.29. The fourth-order valence-corrected chi connectivity index (χ4v) is 1.67. The van der Waals surface area contributed by atoms with Crippen LogP contribution in [0, 0.1) is 5.92 Å². The van der Waals surface area contributed by atoms with Crippen molar-refractivity contribution in [3.05, 3.63) is 35.4 Å². The van der Waals surface area contributed by atoms with Gasteiger partial charge in [0, 0.05) is 13.0 Å². The molecule has 4 heteroatoms. The minimum absolute atomic E-state index is 0.0795. The van der Waals surface area contributed by atoms with Crippen LogP contribution in [0.25, 0.3) is 0 Å². The highest BCUT2D eigenvalue weighted by molar-refractivity contribution is 5.87. The zero-order valence-electron chi connectivity index (χ0n) is 11.5. The predicted molar refractivity (Wildman–Crippen MR) is 74.2 cm³/mol. The quantitative estimate of drug-likeness (QED) is 0.794. The summed E-state index contributed by atoms with van der Waals surface area (Å²) in [5, 5.41) is 11.6. The van der Waals surface area contributed by atoms with Gasteiger partial charge in [-0.1, -0.05) is 26.0 Å². The maximum atomic E-state index is 11.5. The minimum atomic E-state index is -0.923. The zero-order valence-corrected chi connectivity index (χ0v) is 11.5. The van der Waals surface area contributed by atoms with Crippen molar-refractivity contribution in [3.63, 3.8) is 0 Å². The molecule has 1 aromatic rings. The Hall–Kier alpha value is -1.84. The third-order valence-corrected chi connectivity index (χ3v) is 2.89. The van der Waals surface area contributed by atoms with Crippen LogP contribution in [0.15, 0.2) is 24.3 Å². The van der Waals surface area contributed by atoms with Crippen LogP contribution in [0.4, 0.5) is 0 Å². The van der Waals surface area contributed by atoms with E-state index in [0.29, 0.717) is 25.3 Å². The Labute approximate surface area is 113 Å². The van der Waals surface area contributed by atoms with Gasteiger partial charge in [-0.15, -0.1) is 0 Å². The van der Waals surface area contributed by atoms with E-state index in [-0.39, 0.29) is 11.5 Å². The number of hydrogen-bond donors (Lipinski definition) is 2. The van der Waals surface area contributed by atoms with E-state index >= 15 is 0 Å². The molecule has 4 nitrogen and oxygen atoms in total. The van der Waals surface area contributed by atoms with E-state index in [4.69, 9.17) is 5.11 Å². The fraction of sp³-hybridized carbons (Fsp3) is 0.467. The molecule has 1 rings (SSSR count). The van der Waals surface area contributed by atoms with Crippen LogP contribution in [0.1, 0.15) is 42.6 Å². The Morgan fingerprint density at radius 2 is 1.84 bits per heavy atom. The summed E-state index contributed by atoms with van der Waals surface area (Å²) in [6.45, 7) is 4.78. The van der Waals surface area contributed by atoms with Gasteiger partial charge in [0.1, 0.15) is 0 Å². The molecule has 0 heterocycles. The summed E-state index contributed by atoms with van der Waals surface area (Å²) in [6.07, 6.45) is 2.18. The Bertz CT molecular complexity index is 424. The third kappa shape index (κ3) is 6.04. The predicted octanol–water partition coefficient (Wildman–Crippen LogP) is 2.48. The molecule has 1 aromatic carbocycles. The molecular weight excluding hydrogens is 242 g/mol. The average molecular weight is 263 g/mol. The van der Waals surface area contributed by atoms with Gasteiger partial charge in [-0.2, -0.15) is 0 Å². The van der Waals surface area contributed by atoms with Crippen LogP contribution in [0.2, 0.25) is 0 Å². The summed E-state index contributed by atoms with van der Waals surface area (Å²) in [5.74, 6) is -0.307. The summed E-state index contributed by atoms with van der Waals surface area (Å²) in [6, 6.07) is 6.73. The molecule has 0 aliphatic carbocycles. The van der Waals surface area contributed by atoms with Gasteiger partial charge < -0.3 is 10.4 Å². The van der Waals surface area contributed by atoms with Crippen molar-refractivity contribution >= 4 is 11.9 Å². The largest absolute Gasteiger partial charge is 0.478 e. The van der Waals surface area contributed by atoms with Gasteiger partial charge in [0.05, 0.1) is 5.56 Å². The highest BCUT2D eigenvalue weighted by atomic mass is 16.4. The molecule has 19 heavy (non-hydrogen) atoms. The average Bonchev–Trinajstić information content (AvgIpc) is 2.37. The maximum absolute atomic E-state index is 11.5. The van der Waals surface area contributed by atoms with E-state index < -0.39 is 5.97 Å². The molecule has 0 aromatic heterocycles. The fourth-order valence-electron chi connectivity index (χ4n) is 1.67. The molecule has 0 saturated heterocycles. The van der Waals surface area contributed by atoms with Crippen molar-refractivity contribution in [1.82, 2.24) is 5.32 Å². The lowest BCUT2D eigenvalue weighted by Gasteiger charge is -2.07. The first-order valence-electron chi connectivity index (χ1n) is 6.58. The molecule has 0 radical (unpaired) electrons. The molecular formula is C15H21NO3. The van der Waals surface area contributed by atoms with E-state index in [9.17, 15) is 9.59 Å². The number of rotatable bonds is 7. The van der Waals surface area contributed by atoms with Crippen LogP contribution in [-0.4, -0.2) is 23.5 Å². The molecule has 0 aliphatic rings. The van der Waals surface area contributed by atoms with Gasteiger partial charge in [-0.3, -0.25) is 4.79 Å². The lowest BCUT2D eigenvalue weighted by atomic mass is 10.1. The highest BCUT2D eigenvalue weighted by Gasteiger charge is 2.04. The van der Waals surface area contributed by atoms with Crippen LogP contribution in [0.5, 0.6) is 0 Å². The van der Waals surface area contributed by atoms with Crippen LogP contribution < -0.4 is 5.32 Å². The van der Waals surface area contributed by atoms with E-state index in [0.717, 1.165) is 12.0 Å². The minimum Gasteiger partial charge on any atom is -0.478 e. The van der Waals surface area contributed by atoms with Gasteiger partial charge in [-0.25, -0.2) is 4.79 Å². The molecule has 0 bridgehead atoms. The summed E-state index contributed by atoms with van der Waals surface area (Å²) >= 11 is 0. The molecule has 0 fully saturated rings. The Kier molecular flexibility index (Phi) is 6.06. The summed E-state index contributed by atoms with van der Waals surface area (Å²) < 4.78 is 0. The number of carbonyl (C=O) groups is 2. The Morgan fingerprint density at radius 3 is 2.37 bits per heavy atom. The van der Waals surface area contributed by atoms with Gasteiger partial charge in [0.15, 0.2) is 0 Å². The standard InChI is InChI=1S/C15H21NO3/c1-11(2)3-8-14(17)16-10-9-12-4-6-13(7-5-12)15(18)19/h4-7,11H,3,8-10H2,1-2H3,(H,16,17)(H,18,19). The lowest BCUT2D eigenvalue weighted by Crippen LogP contribution is -2.25. The summed E-state index contributed by atoms with van der Waals surface area (Å²) in [7, 11) is 0. The highest BCUT2D eigenvalue weighted by Crippen LogP contribution is 2.05. The van der Waals surface area contributed by atoms with E-state index in [1.54, 1.807) is 24.3 Å². The van der Waals surface area contributed by atoms with Crippen molar-refractivity contribution in [1.29, 1.82) is 0 Å². The first kappa shape index (κ1) is 15.2. The number of benzene rings is 1. The number of nitrogens with one attached hydrogen (secondary N) is 1. The van der Waals surface area contributed by atoms with E-state index in [1.807, 2.05) is 0 Å². The first-order chi connectivity index (χ1) is 8.99. The molecule has 104 valence electrons. The van der Waals surface area contributed by atoms with Gasteiger partial charge in [-0.05, 0) is 36.5 Å².